The molecule has 0 aliphatic carbocycles. The molecule has 2 aromatic carbocycles. The molecule has 7 heteroatoms. The van der Waals surface area contributed by atoms with Gasteiger partial charge in [-0.05, 0) is 24.6 Å². The van der Waals surface area contributed by atoms with Gasteiger partial charge in [0.1, 0.15) is 12.1 Å². The van der Waals surface area contributed by atoms with Gasteiger partial charge >= 0.3 is 0 Å². The van der Waals surface area contributed by atoms with E-state index in [1.807, 2.05) is 56.3 Å². The van der Waals surface area contributed by atoms with Gasteiger partial charge in [0, 0.05) is 36.8 Å². The van der Waals surface area contributed by atoms with Gasteiger partial charge in [-0.1, -0.05) is 32.0 Å². The van der Waals surface area contributed by atoms with Crippen LogP contribution in [0.2, 0.25) is 0 Å². The van der Waals surface area contributed by atoms with Gasteiger partial charge < -0.3 is 19.5 Å². The van der Waals surface area contributed by atoms with Gasteiger partial charge in [-0.2, -0.15) is 0 Å². The number of benzene rings is 2. The average molecular weight is 425 g/mol. The molecule has 4 rings (SSSR count). The number of ether oxygens (including phenoxy) is 3. The maximum Gasteiger partial charge on any atom is 0.162 e. The smallest absolute Gasteiger partial charge is 0.162 e. The predicted molar refractivity (Wildman–Crippen MR) is 125 cm³/mol. The molecule has 1 saturated heterocycles. The zero-order valence-electron chi connectivity index (χ0n) is 18.6. The average Bonchev–Trinajstić information content (AvgIpc) is 2.84. The van der Waals surface area contributed by atoms with E-state index in [2.05, 4.69) is 20.2 Å². The fourth-order valence-electron chi connectivity index (χ4n) is 3.39. The van der Waals surface area contributed by atoms with Crippen molar-refractivity contribution in [3.63, 3.8) is 0 Å². The number of hydrogen-bond acceptors (Lipinski definition) is 7. The van der Waals surface area contributed by atoms with Gasteiger partial charge in [0.2, 0.25) is 0 Å². The molecule has 2 heterocycles. The van der Waals surface area contributed by atoms with Crippen LogP contribution in [-0.4, -0.2) is 61.4 Å². The highest BCUT2D eigenvalue weighted by Gasteiger charge is 2.13. The highest BCUT2D eigenvalue weighted by Crippen LogP contribution is 2.34. The number of fused-ring (bicyclic) bond motifs is 1. The van der Waals surface area contributed by atoms with Gasteiger partial charge in [-0.15, -0.1) is 0 Å². The van der Waals surface area contributed by atoms with E-state index >= 15 is 0 Å². The first-order valence-corrected chi connectivity index (χ1v) is 10.9. The van der Waals surface area contributed by atoms with Crippen LogP contribution in [0.1, 0.15) is 20.3 Å². The van der Waals surface area contributed by atoms with Gasteiger partial charge in [0.15, 0.2) is 11.5 Å². The number of aromatic nitrogens is 2. The molecule has 1 aromatic heterocycles. The lowest BCUT2D eigenvalue weighted by atomic mass is 10.2. The van der Waals surface area contributed by atoms with Crippen LogP contribution in [0.5, 0.6) is 11.5 Å². The third-order valence-corrected chi connectivity index (χ3v) is 4.94. The number of hydrogen-bond donors (Lipinski definition) is 1. The molecule has 0 amide bonds. The third kappa shape index (κ3) is 6.29. The van der Waals surface area contributed by atoms with E-state index in [1.54, 1.807) is 13.4 Å². The van der Waals surface area contributed by atoms with Crippen molar-refractivity contribution < 1.29 is 14.2 Å². The van der Waals surface area contributed by atoms with Crippen LogP contribution in [0.4, 0.5) is 11.5 Å². The first kappa shape index (κ1) is 22.8. The monoisotopic (exact) mass is 424 g/mol. The minimum Gasteiger partial charge on any atom is -0.493 e. The van der Waals surface area contributed by atoms with Crippen LogP contribution in [0.3, 0.4) is 0 Å². The van der Waals surface area contributed by atoms with Crippen LogP contribution < -0.4 is 14.8 Å². The second kappa shape index (κ2) is 12.1. The fourth-order valence-corrected chi connectivity index (χ4v) is 3.39. The second-order valence-electron chi connectivity index (χ2n) is 6.89. The summed E-state index contributed by atoms with van der Waals surface area (Å²) in [4.78, 5) is 11.2. The molecule has 7 nitrogen and oxygen atoms in total. The van der Waals surface area contributed by atoms with Crippen LogP contribution >= 0.6 is 0 Å². The summed E-state index contributed by atoms with van der Waals surface area (Å²) in [6, 6.07) is 13.8. The van der Waals surface area contributed by atoms with Crippen LogP contribution in [-0.2, 0) is 4.74 Å². The summed E-state index contributed by atoms with van der Waals surface area (Å²) in [6.07, 6.45) is 2.50. The maximum absolute atomic E-state index is 6.07. The molecule has 1 fully saturated rings. The number of nitrogens with one attached hydrogen (secondary N) is 1. The van der Waals surface area contributed by atoms with Gasteiger partial charge in [0.25, 0.3) is 0 Å². The lowest BCUT2D eigenvalue weighted by Crippen LogP contribution is -2.37. The fraction of sp³-hybridized carbons (Fsp3) is 0.417. The Bertz CT molecular complexity index is 931. The lowest BCUT2D eigenvalue weighted by molar-refractivity contribution is 0.0357. The Labute approximate surface area is 184 Å². The van der Waals surface area contributed by atoms with Crippen molar-refractivity contribution in [3.05, 3.63) is 48.8 Å². The number of anilines is 2. The maximum atomic E-state index is 6.07. The van der Waals surface area contributed by atoms with Crippen LogP contribution in [0.15, 0.2) is 48.8 Å². The molecule has 0 bridgehead atoms. The number of morpholine rings is 1. The summed E-state index contributed by atoms with van der Waals surface area (Å²) < 4.78 is 17.0. The summed E-state index contributed by atoms with van der Waals surface area (Å²) in [6.45, 7) is 9.24. The largest absolute Gasteiger partial charge is 0.493 e. The Morgan fingerprint density at radius 3 is 2.55 bits per heavy atom. The van der Waals surface area contributed by atoms with Gasteiger partial charge in [0.05, 0.1) is 32.4 Å². The Morgan fingerprint density at radius 2 is 1.81 bits per heavy atom. The highest BCUT2D eigenvalue weighted by atomic mass is 16.5. The topological polar surface area (TPSA) is 68.7 Å². The van der Waals surface area contributed by atoms with E-state index in [4.69, 9.17) is 14.2 Å². The summed E-state index contributed by atoms with van der Waals surface area (Å²) in [7, 11) is 1.64. The SMILES string of the molecule is CC.COc1cc2ncnc(Nc3ccccc3)c2cc1OCCCN1CCOCC1. The van der Waals surface area contributed by atoms with E-state index in [1.165, 1.54) is 0 Å². The van der Waals surface area contributed by atoms with E-state index in [9.17, 15) is 0 Å². The van der Waals surface area contributed by atoms with E-state index in [0.717, 1.165) is 61.7 Å². The summed E-state index contributed by atoms with van der Waals surface area (Å²) >= 11 is 0. The quantitative estimate of drug-likeness (QED) is 0.534. The number of para-hydroxylation sites is 1. The summed E-state index contributed by atoms with van der Waals surface area (Å²) in [5.74, 6) is 2.11. The zero-order chi connectivity index (χ0) is 21.9. The lowest BCUT2D eigenvalue weighted by Gasteiger charge is -2.26. The molecule has 0 unspecified atom stereocenters. The third-order valence-electron chi connectivity index (χ3n) is 4.94. The van der Waals surface area contributed by atoms with Gasteiger partial charge in [-0.25, -0.2) is 9.97 Å². The van der Waals surface area contributed by atoms with Crippen molar-refractivity contribution in [2.45, 2.75) is 20.3 Å². The van der Waals surface area contributed by atoms with Crippen molar-refractivity contribution in [3.8, 4) is 11.5 Å². The molecule has 1 aliphatic rings. The number of methoxy groups -OCH3 is 1. The normalized spacial score (nSPS) is 13.9. The molecule has 1 aliphatic heterocycles. The molecule has 0 saturated carbocycles. The summed E-state index contributed by atoms with van der Waals surface area (Å²) in [5, 5.41) is 4.25. The first-order chi connectivity index (χ1) is 15.3. The van der Waals surface area contributed by atoms with Crippen molar-refractivity contribution in [1.82, 2.24) is 14.9 Å². The molecular formula is C24H32N4O3. The van der Waals surface area contributed by atoms with Crippen molar-refractivity contribution in [2.24, 2.45) is 0 Å². The molecular weight excluding hydrogens is 392 g/mol. The summed E-state index contributed by atoms with van der Waals surface area (Å²) in [5.41, 5.74) is 1.77. The Hall–Kier alpha value is -2.90. The minimum absolute atomic E-state index is 0.619. The standard InChI is InChI=1S/C22H26N4O3.C2H6/c1-27-20-15-19-18(22(24-16-23-19)25-17-6-3-2-4-7-17)14-21(20)29-11-5-8-26-9-12-28-13-10-26;1-2/h2-4,6-7,14-16H,5,8-13H2,1H3,(H,23,24,25);1-2H3. The Morgan fingerprint density at radius 1 is 1.03 bits per heavy atom. The molecule has 0 spiro atoms. The van der Waals surface area contributed by atoms with E-state index in [-0.39, 0.29) is 0 Å². The molecule has 31 heavy (non-hydrogen) atoms. The molecule has 1 N–H and O–H groups in total. The second-order valence-corrected chi connectivity index (χ2v) is 6.89. The van der Waals surface area contributed by atoms with Crippen molar-refractivity contribution >= 4 is 22.4 Å². The molecule has 3 aromatic rings. The zero-order valence-corrected chi connectivity index (χ0v) is 18.6. The Balaban J connectivity index is 0.00000132. The minimum atomic E-state index is 0.619. The van der Waals surface area contributed by atoms with E-state index < -0.39 is 0 Å². The molecule has 0 atom stereocenters. The van der Waals surface area contributed by atoms with E-state index in [0.29, 0.717) is 18.1 Å². The van der Waals surface area contributed by atoms with Crippen molar-refractivity contribution in [2.75, 3.05) is 51.9 Å². The van der Waals surface area contributed by atoms with Crippen LogP contribution in [0, 0.1) is 0 Å². The number of rotatable bonds is 8. The number of nitrogens with zero attached hydrogens (tertiary/aromatic N) is 3. The van der Waals surface area contributed by atoms with Crippen LogP contribution in [0.25, 0.3) is 10.9 Å². The highest BCUT2D eigenvalue weighted by molar-refractivity contribution is 5.93. The van der Waals surface area contributed by atoms with Gasteiger partial charge in [-0.3, -0.25) is 4.90 Å². The predicted octanol–water partition coefficient (Wildman–Crippen LogP) is 4.51. The molecule has 166 valence electrons. The first-order valence-electron chi connectivity index (χ1n) is 10.9. The van der Waals surface area contributed by atoms with Crippen molar-refractivity contribution in [1.29, 1.82) is 0 Å². The Kier molecular flexibility index (Phi) is 8.87. The molecule has 0 radical (unpaired) electrons.